The van der Waals surface area contributed by atoms with Gasteiger partial charge in [-0.3, -0.25) is 9.80 Å². The van der Waals surface area contributed by atoms with Gasteiger partial charge in [0.1, 0.15) is 0 Å². The van der Waals surface area contributed by atoms with Gasteiger partial charge in [-0.15, -0.1) is 0 Å². The van der Waals surface area contributed by atoms with E-state index in [1.54, 1.807) is 0 Å². The van der Waals surface area contributed by atoms with E-state index >= 15 is 0 Å². The summed E-state index contributed by atoms with van der Waals surface area (Å²) >= 11 is 6.15. The summed E-state index contributed by atoms with van der Waals surface area (Å²) < 4.78 is 0. The molecule has 1 unspecified atom stereocenters. The van der Waals surface area contributed by atoms with Crippen molar-refractivity contribution in [1.82, 2.24) is 14.8 Å². The van der Waals surface area contributed by atoms with Crippen molar-refractivity contribution in [2.45, 2.75) is 12.6 Å². The van der Waals surface area contributed by atoms with E-state index in [2.05, 4.69) is 87.6 Å². The molecule has 0 aliphatic carbocycles. The molecule has 1 N–H and O–H groups in total. The first kappa shape index (κ1) is 19.4. The van der Waals surface area contributed by atoms with Crippen LogP contribution in [0.3, 0.4) is 0 Å². The number of hydrogen-bond donors (Lipinski definition) is 1. The van der Waals surface area contributed by atoms with Gasteiger partial charge in [-0.1, -0.05) is 72.3 Å². The summed E-state index contributed by atoms with van der Waals surface area (Å²) in [4.78, 5) is 8.71. The molecule has 1 aliphatic rings. The summed E-state index contributed by atoms with van der Waals surface area (Å²) in [5.74, 6) is 0. The van der Waals surface area contributed by atoms with E-state index in [1.807, 2.05) is 12.1 Å². The van der Waals surface area contributed by atoms with Crippen molar-refractivity contribution in [2.75, 3.05) is 26.2 Å². The molecule has 152 valence electrons. The molecule has 0 saturated carbocycles. The zero-order chi connectivity index (χ0) is 20.3. The second-order valence-corrected chi connectivity index (χ2v) is 8.50. The summed E-state index contributed by atoms with van der Waals surface area (Å²) in [6.07, 6.45) is 0. The molecule has 3 aromatic carbocycles. The maximum atomic E-state index is 6.15. The van der Waals surface area contributed by atoms with Gasteiger partial charge < -0.3 is 4.98 Å². The molecule has 4 heteroatoms. The predicted molar refractivity (Wildman–Crippen MR) is 125 cm³/mol. The molecule has 2 heterocycles. The fourth-order valence-electron chi connectivity index (χ4n) is 4.53. The third-order valence-corrected chi connectivity index (χ3v) is 6.30. The van der Waals surface area contributed by atoms with Gasteiger partial charge >= 0.3 is 0 Å². The average molecular weight is 416 g/mol. The predicted octanol–water partition coefficient (Wildman–Crippen LogP) is 5.73. The van der Waals surface area contributed by atoms with E-state index in [0.29, 0.717) is 0 Å². The number of aromatic nitrogens is 1. The van der Waals surface area contributed by atoms with Crippen molar-refractivity contribution < 1.29 is 0 Å². The number of nitrogens with one attached hydrogen (secondary N) is 1. The lowest BCUT2D eigenvalue weighted by Crippen LogP contribution is -2.47. The Kier molecular flexibility index (Phi) is 5.58. The number of H-pyrrole nitrogens is 1. The minimum Gasteiger partial charge on any atom is -0.357 e. The van der Waals surface area contributed by atoms with Crippen molar-refractivity contribution >= 4 is 22.5 Å². The van der Waals surface area contributed by atoms with E-state index in [9.17, 15) is 0 Å². The lowest BCUT2D eigenvalue weighted by molar-refractivity contribution is 0.104. The molecular weight excluding hydrogens is 390 g/mol. The zero-order valence-corrected chi connectivity index (χ0v) is 17.7. The van der Waals surface area contributed by atoms with Crippen molar-refractivity contribution in [3.8, 4) is 0 Å². The van der Waals surface area contributed by atoms with E-state index in [-0.39, 0.29) is 6.04 Å². The first-order chi connectivity index (χ1) is 14.8. The highest BCUT2D eigenvalue weighted by Crippen LogP contribution is 2.30. The number of hydrogen-bond acceptors (Lipinski definition) is 2. The molecule has 0 spiro atoms. The fourth-order valence-corrected chi connectivity index (χ4v) is 4.66. The lowest BCUT2D eigenvalue weighted by Gasteiger charge is -2.39. The molecule has 1 aliphatic heterocycles. The summed E-state index contributed by atoms with van der Waals surface area (Å²) in [6.45, 7) is 5.18. The summed E-state index contributed by atoms with van der Waals surface area (Å²) in [5, 5.41) is 2.08. The Morgan fingerprint density at radius 2 is 1.43 bits per heavy atom. The number of halogens is 1. The number of piperazine rings is 1. The molecule has 1 fully saturated rings. The lowest BCUT2D eigenvalue weighted by atomic mass is 9.96. The van der Waals surface area contributed by atoms with Gasteiger partial charge in [0, 0.05) is 49.0 Å². The molecule has 0 radical (unpaired) electrons. The van der Waals surface area contributed by atoms with Gasteiger partial charge in [0.2, 0.25) is 0 Å². The Labute approximate surface area is 182 Å². The van der Waals surface area contributed by atoms with Crippen molar-refractivity contribution in [2.24, 2.45) is 0 Å². The largest absolute Gasteiger partial charge is 0.357 e. The minimum absolute atomic E-state index is 0.263. The third-order valence-electron chi connectivity index (χ3n) is 6.05. The van der Waals surface area contributed by atoms with Gasteiger partial charge in [-0.25, -0.2) is 0 Å². The van der Waals surface area contributed by atoms with Crippen LogP contribution in [0.5, 0.6) is 0 Å². The topological polar surface area (TPSA) is 22.3 Å². The average Bonchev–Trinajstić information content (AvgIpc) is 3.19. The highest BCUT2D eigenvalue weighted by molar-refractivity contribution is 6.30. The highest BCUT2D eigenvalue weighted by Gasteiger charge is 2.26. The summed E-state index contributed by atoms with van der Waals surface area (Å²) in [6, 6.07) is 30.2. The zero-order valence-electron chi connectivity index (χ0n) is 17.0. The second-order valence-electron chi connectivity index (χ2n) is 8.06. The van der Waals surface area contributed by atoms with Crippen LogP contribution >= 0.6 is 11.6 Å². The quantitative estimate of drug-likeness (QED) is 0.449. The Morgan fingerprint density at radius 1 is 0.767 bits per heavy atom. The monoisotopic (exact) mass is 415 g/mol. The van der Waals surface area contributed by atoms with Crippen LogP contribution in [0, 0.1) is 0 Å². The first-order valence-corrected chi connectivity index (χ1v) is 11.0. The smallest absolute Gasteiger partial charge is 0.0602 e. The number of para-hydroxylation sites is 1. The number of nitrogens with zero attached hydrogens (tertiary/aromatic N) is 2. The molecule has 4 aromatic rings. The van der Waals surface area contributed by atoms with E-state index in [0.717, 1.165) is 37.7 Å². The molecule has 5 rings (SSSR count). The number of fused-ring (bicyclic) bond motifs is 1. The number of benzene rings is 3. The van der Waals surface area contributed by atoms with Gasteiger partial charge in [0.15, 0.2) is 0 Å². The molecule has 0 bridgehead atoms. The maximum Gasteiger partial charge on any atom is 0.0602 e. The Balaban J connectivity index is 1.31. The van der Waals surface area contributed by atoms with Gasteiger partial charge in [-0.05, 0) is 40.8 Å². The summed E-state index contributed by atoms with van der Waals surface area (Å²) in [5.41, 5.74) is 5.15. The number of rotatable bonds is 5. The standard InChI is InChI=1S/C26H26ClN3/c27-23-12-10-21(11-13-23)26(20-6-2-1-3-7-20)30-16-14-29(15-17-30)19-24-18-22-8-4-5-9-25(22)28-24/h1-13,18,26,28H,14-17,19H2. The molecule has 1 atom stereocenters. The highest BCUT2D eigenvalue weighted by atomic mass is 35.5. The minimum atomic E-state index is 0.263. The maximum absolute atomic E-state index is 6.15. The SMILES string of the molecule is Clc1ccc(C(c2ccccc2)N2CCN(Cc3cc4ccccc4[nH]3)CC2)cc1. The fraction of sp³-hybridized carbons (Fsp3) is 0.231. The van der Waals surface area contributed by atoms with Crippen LogP contribution in [0.25, 0.3) is 10.9 Å². The molecule has 30 heavy (non-hydrogen) atoms. The number of aromatic amines is 1. The van der Waals surface area contributed by atoms with Crippen LogP contribution in [-0.2, 0) is 6.54 Å². The van der Waals surface area contributed by atoms with Crippen molar-refractivity contribution in [3.63, 3.8) is 0 Å². The summed E-state index contributed by atoms with van der Waals surface area (Å²) in [7, 11) is 0. The molecular formula is C26H26ClN3. The Hall–Kier alpha value is -2.59. The Morgan fingerprint density at radius 3 is 2.17 bits per heavy atom. The van der Waals surface area contributed by atoms with Crippen molar-refractivity contribution in [1.29, 1.82) is 0 Å². The third kappa shape index (κ3) is 4.15. The van der Waals surface area contributed by atoms with Crippen LogP contribution < -0.4 is 0 Å². The Bertz CT molecular complexity index is 1060. The normalized spacial score (nSPS) is 16.7. The van der Waals surface area contributed by atoms with Crippen LogP contribution in [0.2, 0.25) is 5.02 Å². The van der Waals surface area contributed by atoms with Gasteiger partial charge in [-0.2, -0.15) is 0 Å². The van der Waals surface area contributed by atoms with E-state index in [1.165, 1.54) is 27.7 Å². The molecule has 1 saturated heterocycles. The van der Waals surface area contributed by atoms with Crippen LogP contribution in [-0.4, -0.2) is 41.0 Å². The van der Waals surface area contributed by atoms with E-state index < -0.39 is 0 Å². The van der Waals surface area contributed by atoms with Crippen molar-refractivity contribution in [3.05, 3.63) is 107 Å². The van der Waals surface area contributed by atoms with Gasteiger partial charge in [0.05, 0.1) is 6.04 Å². The van der Waals surface area contributed by atoms with Gasteiger partial charge in [0.25, 0.3) is 0 Å². The van der Waals surface area contributed by atoms with Crippen LogP contribution in [0.1, 0.15) is 22.9 Å². The molecule has 1 aromatic heterocycles. The van der Waals surface area contributed by atoms with E-state index in [4.69, 9.17) is 11.6 Å². The second kappa shape index (κ2) is 8.65. The van der Waals surface area contributed by atoms with Crippen LogP contribution in [0.4, 0.5) is 0 Å². The van der Waals surface area contributed by atoms with Crippen LogP contribution in [0.15, 0.2) is 84.9 Å². The first-order valence-electron chi connectivity index (χ1n) is 10.6. The molecule has 0 amide bonds. The molecule has 3 nitrogen and oxygen atoms in total.